The molecular weight excluding hydrogens is 295 g/mol. The van der Waals surface area contributed by atoms with E-state index in [1.54, 1.807) is 12.5 Å². The number of aryl methyl sites for hydroxylation is 1. The molecule has 3 N–H and O–H groups in total. The number of benzene rings is 1. The van der Waals surface area contributed by atoms with Crippen molar-refractivity contribution < 1.29 is 12.8 Å². The summed E-state index contributed by atoms with van der Waals surface area (Å²) in [6, 6.07) is 3.35. The monoisotopic (exact) mass is 312 g/mol. The minimum Gasteiger partial charge on any atom is -0.396 e. The Bertz CT molecular complexity index is 686. The Morgan fingerprint density at radius 1 is 1.33 bits per heavy atom. The molecule has 6 nitrogen and oxygen atoms in total. The van der Waals surface area contributed by atoms with Gasteiger partial charge in [0.2, 0.25) is 10.0 Å². The van der Waals surface area contributed by atoms with E-state index in [0.29, 0.717) is 13.0 Å². The number of anilines is 1. The molecule has 0 unspecified atom stereocenters. The van der Waals surface area contributed by atoms with E-state index in [4.69, 9.17) is 5.73 Å². The lowest BCUT2D eigenvalue weighted by Crippen LogP contribution is -2.25. The molecule has 0 radical (unpaired) electrons. The maximum absolute atomic E-state index is 13.0. The van der Waals surface area contributed by atoms with Crippen LogP contribution in [-0.4, -0.2) is 24.5 Å². The van der Waals surface area contributed by atoms with E-state index in [1.807, 2.05) is 10.8 Å². The summed E-state index contributed by atoms with van der Waals surface area (Å²) in [6.07, 6.45) is 6.77. The summed E-state index contributed by atoms with van der Waals surface area (Å²) >= 11 is 0. The highest BCUT2D eigenvalue weighted by Gasteiger charge is 2.14. The van der Waals surface area contributed by atoms with Gasteiger partial charge in [0.15, 0.2) is 0 Å². The first-order valence-electron chi connectivity index (χ1n) is 6.49. The highest BCUT2D eigenvalue weighted by atomic mass is 32.2. The second-order valence-corrected chi connectivity index (χ2v) is 6.36. The van der Waals surface area contributed by atoms with Crippen molar-refractivity contribution in [2.75, 3.05) is 12.3 Å². The Morgan fingerprint density at radius 2 is 2.14 bits per heavy atom. The van der Waals surface area contributed by atoms with Gasteiger partial charge >= 0.3 is 0 Å². The first-order chi connectivity index (χ1) is 9.99. The molecule has 0 spiro atoms. The molecule has 0 fully saturated rings. The lowest BCUT2D eigenvalue weighted by atomic mass is 10.3. The third kappa shape index (κ3) is 4.27. The van der Waals surface area contributed by atoms with Crippen molar-refractivity contribution in [3.05, 3.63) is 42.7 Å². The summed E-state index contributed by atoms with van der Waals surface area (Å²) < 4.78 is 41.4. The molecule has 8 heteroatoms. The van der Waals surface area contributed by atoms with Gasteiger partial charge in [-0.1, -0.05) is 0 Å². The topological polar surface area (TPSA) is 90.0 Å². The number of nitrogens with two attached hydrogens (primary N) is 1. The number of halogens is 1. The van der Waals surface area contributed by atoms with Gasteiger partial charge < -0.3 is 10.3 Å². The summed E-state index contributed by atoms with van der Waals surface area (Å²) in [7, 11) is -3.65. The normalized spacial score (nSPS) is 11.7. The van der Waals surface area contributed by atoms with Crippen LogP contribution in [0.15, 0.2) is 41.8 Å². The molecule has 1 aromatic carbocycles. The van der Waals surface area contributed by atoms with Gasteiger partial charge in [0, 0.05) is 25.5 Å². The Balaban J connectivity index is 1.82. The average molecular weight is 312 g/mol. The third-order valence-corrected chi connectivity index (χ3v) is 4.43. The number of hydrogen-bond acceptors (Lipinski definition) is 4. The molecule has 114 valence electrons. The molecule has 0 atom stereocenters. The lowest BCUT2D eigenvalue weighted by Gasteiger charge is -2.08. The van der Waals surface area contributed by atoms with Gasteiger partial charge in [0.25, 0.3) is 0 Å². The van der Waals surface area contributed by atoms with Gasteiger partial charge in [-0.15, -0.1) is 0 Å². The van der Waals surface area contributed by atoms with Crippen LogP contribution >= 0.6 is 0 Å². The molecule has 2 rings (SSSR count). The minimum atomic E-state index is -3.65. The predicted molar refractivity (Wildman–Crippen MR) is 77.5 cm³/mol. The number of unbranched alkanes of at least 4 members (excludes halogenated alkanes) is 1. The molecule has 0 aliphatic carbocycles. The summed E-state index contributed by atoms with van der Waals surface area (Å²) in [5, 5.41) is 0. The number of imidazole rings is 1. The minimum absolute atomic E-state index is 0.0315. The molecule has 0 bridgehead atoms. The lowest BCUT2D eigenvalue weighted by molar-refractivity contribution is 0.565. The fourth-order valence-electron chi connectivity index (χ4n) is 1.82. The fourth-order valence-corrected chi connectivity index (χ4v) is 2.93. The Labute approximate surface area is 122 Å². The van der Waals surface area contributed by atoms with Crippen molar-refractivity contribution in [3.63, 3.8) is 0 Å². The zero-order chi connectivity index (χ0) is 15.3. The van der Waals surface area contributed by atoms with Gasteiger partial charge in [-0.2, -0.15) is 0 Å². The van der Waals surface area contributed by atoms with Crippen LogP contribution in [0.4, 0.5) is 10.1 Å². The van der Waals surface area contributed by atoms with Gasteiger partial charge in [-0.25, -0.2) is 22.5 Å². The molecule has 21 heavy (non-hydrogen) atoms. The average Bonchev–Trinajstić information content (AvgIpc) is 2.94. The third-order valence-electron chi connectivity index (χ3n) is 2.97. The summed E-state index contributed by atoms with van der Waals surface area (Å²) in [4.78, 5) is 3.89. The molecule has 0 amide bonds. The highest BCUT2D eigenvalue weighted by Crippen LogP contribution is 2.16. The SMILES string of the molecule is Nc1cc(S(=O)(=O)NCCCCn2ccnc2)ccc1F. The second kappa shape index (κ2) is 6.68. The molecule has 0 aliphatic rings. The first-order valence-corrected chi connectivity index (χ1v) is 7.98. The van der Waals surface area contributed by atoms with Crippen molar-refractivity contribution in [2.24, 2.45) is 0 Å². The van der Waals surface area contributed by atoms with Gasteiger partial charge in [-0.3, -0.25) is 0 Å². The fraction of sp³-hybridized carbons (Fsp3) is 0.308. The largest absolute Gasteiger partial charge is 0.396 e. The smallest absolute Gasteiger partial charge is 0.240 e. The van der Waals surface area contributed by atoms with Crippen LogP contribution in [0, 0.1) is 5.82 Å². The Kier molecular flexibility index (Phi) is 4.92. The summed E-state index contributed by atoms with van der Waals surface area (Å²) in [6.45, 7) is 1.10. The molecule has 1 heterocycles. The molecular formula is C13H17FN4O2S. The number of aromatic nitrogens is 2. The van der Waals surface area contributed by atoms with Crippen LogP contribution in [0.2, 0.25) is 0 Å². The van der Waals surface area contributed by atoms with Crippen LogP contribution in [0.5, 0.6) is 0 Å². The van der Waals surface area contributed by atoms with Crippen LogP contribution in [0.3, 0.4) is 0 Å². The van der Waals surface area contributed by atoms with Crippen molar-refractivity contribution in [1.29, 1.82) is 0 Å². The van der Waals surface area contributed by atoms with E-state index >= 15 is 0 Å². The summed E-state index contributed by atoms with van der Waals surface area (Å²) in [5.41, 5.74) is 5.19. The molecule has 0 aliphatic heterocycles. The van der Waals surface area contributed by atoms with Gasteiger partial charge in [0.05, 0.1) is 16.9 Å². The van der Waals surface area contributed by atoms with E-state index in [2.05, 4.69) is 9.71 Å². The Hall–Kier alpha value is -1.93. The Morgan fingerprint density at radius 3 is 2.81 bits per heavy atom. The number of rotatable bonds is 7. The summed E-state index contributed by atoms with van der Waals surface area (Å²) in [5.74, 6) is -0.630. The van der Waals surface area contributed by atoms with Crippen LogP contribution in [0.25, 0.3) is 0 Å². The van der Waals surface area contributed by atoms with Crippen LogP contribution < -0.4 is 10.5 Å². The van der Waals surface area contributed by atoms with Crippen LogP contribution in [-0.2, 0) is 16.6 Å². The number of sulfonamides is 1. The van der Waals surface area contributed by atoms with Crippen molar-refractivity contribution in [3.8, 4) is 0 Å². The van der Waals surface area contributed by atoms with Crippen molar-refractivity contribution >= 4 is 15.7 Å². The quantitative estimate of drug-likeness (QED) is 0.597. The van der Waals surface area contributed by atoms with E-state index in [-0.39, 0.29) is 10.6 Å². The van der Waals surface area contributed by atoms with E-state index in [9.17, 15) is 12.8 Å². The van der Waals surface area contributed by atoms with E-state index in [1.165, 1.54) is 6.07 Å². The van der Waals surface area contributed by atoms with Gasteiger partial charge in [0.1, 0.15) is 5.82 Å². The molecule has 1 aromatic heterocycles. The van der Waals surface area contributed by atoms with Crippen molar-refractivity contribution in [1.82, 2.24) is 14.3 Å². The van der Waals surface area contributed by atoms with E-state index in [0.717, 1.165) is 25.1 Å². The van der Waals surface area contributed by atoms with Crippen molar-refractivity contribution in [2.45, 2.75) is 24.3 Å². The molecule has 0 saturated heterocycles. The molecule has 2 aromatic rings. The molecule has 0 saturated carbocycles. The number of nitrogens with one attached hydrogen (secondary N) is 1. The standard InChI is InChI=1S/C13H17FN4O2S/c14-12-4-3-11(9-13(12)15)21(19,20)17-5-1-2-7-18-8-6-16-10-18/h3-4,6,8-10,17H,1-2,5,7,15H2. The first kappa shape index (κ1) is 15.5. The van der Waals surface area contributed by atoms with Gasteiger partial charge in [-0.05, 0) is 31.0 Å². The van der Waals surface area contributed by atoms with Crippen LogP contribution in [0.1, 0.15) is 12.8 Å². The zero-order valence-corrected chi connectivity index (χ0v) is 12.2. The maximum Gasteiger partial charge on any atom is 0.240 e. The maximum atomic E-state index is 13.0. The predicted octanol–water partition coefficient (Wildman–Crippen LogP) is 1.36. The van der Waals surface area contributed by atoms with E-state index < -0.39 is 15.8 Å². The zero-order valence-electron chi connectivity index (χ0n) is 11.4. The highest BCUT2D eigenvalue weighted by molar-refractivity contribution is 7.89. The number of nitrogen functional groups attached to an aromatic ring is 1. The second-order valence-electron chi connectivity index (χ2n) is 4.59. The number of nitrogens with zero attached hydrogens (tertiary/aromatic N) is 2. The number of hydrogen-bond donors (Lipinski definition) is 2.